The number of aliphatic carboxylic acids is 2. The van der Waals surface area contributed by atoms with Crippen LogP contribution in [0.4, 0.5) is 0 Å². The molecule has 0 aliphatic rings. The van der Waals surface area contributed by atoms with Gasteiger partial charge in [0.15, 0.2) is 0 Å². The van der Waals surface area contributed by atoms with Crippen LogP contribution in [0.3, 0.4) is 0 Å². The van der Waals surface area contributed by atoms with E-state index < -0.39 is 25.3 Å². The Bertz CT molecular complexity index is 223. The molecule has 67 valence electrons. The second-order valence-electron chi connectivity index (χ2n) is 0.953. The van der Waals surface area contributed by atoms with E-state index in [1.807, 2.05) is 0 Å². The van der Waals surface area contributed by atoms with E-state index in [1.165, 1.54) is 0 Å². The van der Waals surface area contributed by atoms with E-state index in [-0.39, 0.29) is 97.8 Å². The Morgan fingerprint density at radius 1 is 0.846 bits per heavy atom. The van der Waals surface area contributed by atoms with Crippen molar-refractivity contribution >= 4 is 110 Å². The van der Waals surface area contributed by atoms with E-state index >= 15 is 0 Å². The van der Waals surface area contributed by atoms with E-state index in [9.17, 15) is 0 Å². The third-order valence-electron chi connectivity index (χ3n) is 0.167. The monoisotopic (exact) mass is 483 g/mol. The molecule has 0 aromatic carbocycles. The molecule has 0 N–H and O–H groups in total. The zero-order valence-electron chi connectivity index (χ0n) is 6.06. The van der Waals surface area contributed by atoms with Gasteiger partial charge in [-0.25, -0.2) is 0 Å². The molecular formula is C2Ba2MnO8. The first-order valence-electron chi connectivity index (χ1n) is 1.68. The summed E-state index contributed by atoms with van der Waals surface area (Å²) < 4.78 is 34.3. The van der Waals surface area contributed by atoms with Gasteiger partial charge in [0, 0.05) is 0 Å². The predicted octanol–water partition coefficient (Wildman–Crippen LogP) is -6.89. The van der Waals surface area contributed by atoms with E-state index in [0.717, 1.165) is 0 Å². The Kier molecular flexibility index (Phi) is 22.9. The van der Waals surface area contributed by atoms with Crippen LogP contribution in [0, 0.1) is 0 Å². The third kappa shape index (κ3) is 55.4. The van der Waals surface area contributed by atoms with Gasteiger partial charge in [-0.15, -0.1) is 0 Å². The van der Waals surface area contributed by atoms with Crippen molar-refractivity contribution < 1.29 is 49.2 Å². The van der Waals surface area contributed by atoms with Crippen LogP contribution in [0.2, 0.25) is 0 Å². The van der Waals surface area contributed by atoms with E-state index in [1.54, 1.807) is 0 Å². The molecule has 0 aromatic rings. The van der Waals surface area contributed by atoms with Crippen molar-refractivity contribution in [3.63, 3.8) is 0 Å². The molecule has 0 bridgehead atoms. The zero-order valence-corrected chi connectivity index (χ0v) is 16.1. The summed E-state index contributed by atoms with van der Waals surface area (Å²) in [6.45, 7) is 0. The summed E-state index contributed by atoms with van der Waals surface area (Å²) in [4.78, 5) is 17.9. The van der Waals surface area contributed by atoms with Crippen LogP contribution in [0.15, 0.2) is 0 Å². The van der Waals surface area contributed by atoms with Gasteiger partial charge >= 0.3 is 127 Å². The van der Waals surface area contributed by atoms with Crippen molar-refractivity contribution in [2.45, 2.75) is 0 Å². The molecule has 8 nitrogen and oxygen atoms in total. The molecule has 13 heavy (non-hydrogen) atoms. The average molecular weight is 482 g/mol. The van der Waals surface area contributed by atoms with Crippen molar-refractivity contribution in [1.29, 1.82) is 0 Å². The number of hydrogen-bond donors (Lipinski definition) is 0. The van der Waals surface area contributed by atoms with Crippen molar-refractivity contribution in [1.82, 2.24) is 0 Å². The summed E-state index contributed by atoms with van der Waals surface area (Å²) in [6, 6.07) is 0. The Balaban J connectivity index is -0.0000000546. The van der Waals surface area contributed by atoms with E-state index in [4.69, 9.17) is 35.8 Å². The van der Waals surface area contributed by atoms with Crippen molar-refractivity contribution in [2.75, 3.05) is 0 Å². The van der Waals surface area contributed by atoms with Gasteiger partial charge in [0.1, 0.15) is 0 Å². The first-order valence-corrected chi connectivity index (χ1v) is 3.61. The minimum absolute atomic E-state index is 0. The quantitative estimate of drug-likeness (QED) is 0.244. The maximum atomic E-state index is 8.93. The fourth-order valence-electron chi connectivity index (χ4n) is 0. The molecule has 0 atom stereocenters. The van der Waals surface area contributed by atoms with Crippen LogP contribution in [0.1, 0.15) is 0 Å². The topological polar surface area (TPSA) is 161 Å². The molecule has 0 aliphatic carbocycles. The Labute approximate surface area is 155 Å². The summed E-state index contributed by atoms with van der Waals surface area (Å²) in [6.07, 6.45) is 0. The first-order chi connectivity index (χ1) is 4.64. The number of rotatable bonds is 0. The van der Waals surface area contributed by atoms with Crippen LogP contribution in [0.5, 0.6) is 0 Å². The summed E-state index contributed by atoms with van der Waals surface area (Å²) in [5.74, 6) is -4.37. The van der Waals surface area contributed by atoms with E-state index in [2.05, 4.69) is 0 Å². The molecule has 0 unspecified atom stereocenters. The van der Waals surface area contributed by atoms with Crippen LogP contribution in [-0.2, 0) is 30.6 Å². The zero-order chi connectivity index (χ0) is 9.65. The number of carbonyl (C=O) groups excluding carboxylic acids is 2. The van der Waals surface area contributed by atoms with Crippen LogP contribution < -0.4 is 18.6 Å². The SMILES string of the molecule is O=C([O-])C(=O)[O-].[Ba+2].[Ba+2].[O]=[Mn](=[O])([O-])[O-]. The van der Waals surface area contributed by atoms with Gasteiger partial charge in [-0.2, -0.15) is 0 Å². The van der Waals surface area contributed by atoms with E-state index in [0.29, 0.717) is 0 Å². The molecule has 0 saturated heterocycles. The van der Waals surface area contributed by atoms with Crippen LogP contribution in [0.25, 0.3) is 0 Å². The van der Waals surface area contributed by atoms with Crippen LogP contribution in [-0.4, -0.2) is 110 Å². The van der Waals surface area contributed by atoms with Gasteiger partial charge in [-0.05, 0) is 0 Å². The average Bonchev–Trinajstić information content (AvgIpc) is 1.59. The van der Waals surface area contributed by atoms with Gasteiger partial charge in [0.25, 0.3) is 0 Å². The number of carboxylic acids is 2. The maximum absolute atomic E-state index is 8.93. The number of hydrogen-bond acceptors (Lipinski definition) is 8. The standard InChI is InChI=1S/C2H2O4.2Ba.Mn.4O/c3-1(4)2(5)6;;;;;;;/h(H,3,4)(H,5,6);;;;;;;/q;2*+2;;;;2*-1/p-2. The number of carbonyl (C=O) groups is 2. The summed E-state index contributed by atoms with van der Waals surface area (Å²) >= 11 is -5.62. The fourth-order valence-corrected chi connectivity index (χ4v) is 0. The second-order valence-corrected chi connectivity index (χ2v) is 2.13. The summed E-state index contributed by atoms with van der Waals surface area (Å²) in [5, 5.41) is 17.9. The van der Waals surface area contributed by atoms with Gasteiger partial charge in [-0.1, -0.05) is 0 Å². The number of carboxylic acid groups (broad SMARTS) is 2. The molecular weight excluding hydrogens is 482 g/mol. The molecule has 0 aromatic heterocycles. The van der Waals surface area contributed by atoms with Crippen molar-refractivity contribution in [2.24, 2.45) is 0 Å². The Morgan fingerprint density at radius 3 is 0.923 bits per heavy atom. The first kappa shape index (κ1) is 24.4. The van der Waals surface area contributed by atoms with Gasteiger partial charge < -0.3 is 19.8 Å². The summed E-state index contributed by atoms with van der Waals surface area (Å²) in [5.41, 5.74) is 0. The van der Waals surface area contributed by atoms with Gasteiger partial charge in [0.05, 0.1) is 11.9 Å². The minimum atomic E-state index is -5.62. The second kappa shape index (κ2) is 12.2. The molecule has 0 spiro atoms. The molecule has 0 aliphatic heterocycles. The molecule has 0 saturated carbocycles. The third-order valence-corrected chi connectivity index (χ3v) is 0.167. The molecule has 0 rings (SSSR count). The molecule has 11 heteroatoms. The van der Waals surface area contributed by atoms with Crippen molar-refractivity contribution in [3.8, 4) is 0 Å². The van der Waals surface area contributed by atoms with Gasteiger partial charge in [-0.3, -0.25) is 0 Å². The Hall–Kier alpha value is 2.12. The molecule has 0 fully saturated rings. The van der Waals surface area contributed by atoms with Gasteiger partial charge in [0.2, 0.25) is 0 Å². The van der Waals surface area contributed by atoms with Crippen LogP contribution >= 0.6 is 0 Å². The normalized spacial score (nSPS) is 7.85. The van der Waals surface area contributed by atoms with Crippen molar-refractivity contribution in [3.05, 3.63) is 0 Å². The summed E-state index contributed by atoms with van der Waals surface area (Å²) in [7, 11) is 0. The predicted molar refractivity (Wildman–Crippen MR) is 22.9 cm³/mol. The fraction of sp³-hybridized carbons (Fsp3) is 0. The Morgan fingerprint density at radius 2 is 0.923 bits per heavy atom. The molecule has 0 heterocycles. The molecule has 0 amide bonds. The molecule has 0 radical (unpaired) electrons.